The topological polar surface area (TPSA) is 360 Å². The maximum atomic E-state index is 12.9. The fourth-order valence-corrected chi connectivity index (χ4v) is 14.1. The lowest BCUT2D eigenvalue weighted by molar-refractivity contribution is -0.138. The Morgan fingerprint density at radius 1 is 0.419 bits per heavy atom. The van der Waals surface area contributed by atoms with Crippen molar-refractivity contribution in [3.05, 3.63) is 288 Å². The lowest BCUT2D eigenvalue weighted by atomic mass is 10.0. The predicted octanol–water partition coefficient (Wildman–Crippen LogP) is 18.1. The molecule has 27 nitrogen and oxygen atoms in total. The van der Waals surface area contributed by atoms with Crippen LogP contribution in [0.4, 0.5) is 17.6 Å². The molecule has 2 amide bonds. The maximum Gasteiger partial charge on any atom is 0.379 e. The molecule has 1 aliphatic rings. The van der Waals surface area contributed by atoms with Gasteiger partial charge in [0.15, 0.2) is 6.29 Å². The van der Waals surface area contributed by atoms with Gasteiger partial charge in [-0.05, 0) is 204 Å². The number of carboxylic acid groups (broad SMARTS) is 2. The van der Waals surface area contributed by atoms with Gasteiger partial charge < -0.3 is 29.5 Å². The second-order valence-corrected chi connectivity index (χ2v) is 30.4. The number of benzene rings is 9. The number of aromatic carboxylic acids is 2. The number of hydroxylamine groups is 2. The number of carbonyl (C=O) groups excluding carboxylic acids is 9. The standard InChI is InChI=1S/C21H17N3O6.C13H13BrN2O3.C13H14N2O3.C9H9BrN2.C8H6BrFO2.C8H8BrFO.C8H6BrFO.C8H7FO2/c1-3-29-21(28)18(25)12-8-9-17-15(10-22-23(17)2)16(12)11-30-24-19(26)13-6-4-5-7-14(13)20(24)27;1-3-19-13(18)12(17)8-4-5-11-10(9(8)6-14)7-15-16(11)2;1-4-18-13(17)12(16)9-5-6-11-10(8(9)2)7-14-15(11)3;1-6-7-5-11-12(2)9(7)4-3-8(6)10;1-4-5(9)2-3-6(10)7(4)8(11)12;2*1-5-6(4-11)8(10)3-2-7(5)9;1-5-3-2-4-6(9)7(5)8(10)11/h4-10H,3,11H2,1-2H3;4-5,7H,3,6H2,1-2H3;5-7H,4H2,1-3H3;3-5H,1-2H3;2-3H,1H3,(H,11,12);2-3,11H,4H2,1H3;2-4H,1H3;2-4H,1H3,(H,10,11). The fourth-order valence-electron chi connectivity index (χ4n) is 12.1. The molecule has 0 atom stereocenters. The van der Waals surface area contributed by atoms with Crippen LogP contribution in [0.15, 0.2) is 170 Å². The van der Waals surface area contributed by atoms with E-state index in [1.807, 2.05) is 32.0 Å². The van der Waals surface area contributed by atoms with Crippen LogP contribution in [0, 0.1) is 64.8 Å². The molecule has 3 N–H and O–H groups in total. The molecular formula is C88H80Br5F4N9O18. The van der Waals surface area contributed by atoms with E-state index in [1.165, 1.54) is 65.1 Å². The number of imide groups is 1. The number of aromatic nitrogens is 8. The number of amides is 2. The van der Waals surface area contributed by atoms with Crippen LogP contribution in [-0.4, -0.2) is 145 Å². The molecule has 1 aliphatic heterocycles. The van der Waals surface area contributed by atoms with Gasteiger partial charge in [0.25, 0.3) is 29.2 Å². The first-order valence-electron chi connectivity index (χ1n) is 37.1. The van der Waals surface area contributed by atoms with Gasteiger partial charge in [0, 0.05) is 101 Å². The number of carbonyl (C=O) groups is 11. The molecule has 36 heteroatoms. The first-order valence-corrected chi connectivity index (χ1v) is 41.3. The number of ketones is 3. The predicted molar refractivity (Wildman–Crippen MR) is 470 cm³/mol. The largest absolute Gasteiger partial charge is 0.478 e. The molecule has 0 spiro atoms. The lowest BCUT2D eigenvalue weighted by Crippen LogP contribution is -2.30. The van der Waals surface area contributed by atoms with Gasteiger partial charge >= 0.3 is 29.8 Å². The van der Waals surface area contributed by atoms with Crippen LogP contribution in [0.5, 0.6) is 0 Å². The number of aliphatic hydroxyl groups is 1. The number of carboxylic acids is 2. The van der Waals surface area contributed by atoms with Crippen LogP contribution in [0.3, 0.4) is 0 Å². The van der Waals surface area contributed by atoms with Crippen LogP contribution in [0.1, 0.15) is 154 Å². The van der Waals surface area contributed by atoms with E-state index < -0.39 is 76.5 Å². The average Bonchev–Trinajstić information content (AvgIpc) is 1.62. The molecule has 4 aromatic heterocycles. The van der Waals surface area contributed by atoms with E-state index in [0.29, 0.717) is 71.0 Å². The zero-order valence-electron chi connectivity index (χ0n) is 68.6. The van der Waals surface area contributed by atoms with Crippen molar-refractivity contribution in [3.63, 3.8) is 0 Å². The van der Waals surface area contributed by atoms with Gasteiger partial charge in [0.1, 0.15) is 29.9 Å². The quantitative estimate of drug-likeness (QED) is 0.0111. The SMILES string of the molecule is CCOC(=O)C(=O)c1ccc2c(cnn2C)c1C.CCOC(=O)C(=O)c1ccc2c(cnn2C)c1CBr.CCOC(=O)C(=O)c1ccc2c(cnn2C)c1CON1C(=O)c2ccccc2C1=O.Cc1c(Br)ccc(F)c1C(=O)O.Cc1c(Br)ccc(F)c1C=O.Cc1c(Br)ccc(F)c1CO.Cc1c(Br)ccc2c1cnn2C.Cc1cccc(F)c1C(=O)O. The Balaban J connectivity index is 0.000000201. The Kier molecular flexibility index (Phi) is 36.4. The minimum Gasteiger partial charge on any atom is -0.478 e. The lowest BCUT2D eigenvalue weighted by Gasteiger charge is -2.16. The van der Waals surface area contributed by atoms with Gasteiger partial charge in [-0.25, -0.2) is 41.5 Å². The molecular weight excluding hydrogens is 1950 g/mol. The molecule has 0 unspecified atom stereocenters. The number of hydrogen-bond acceptors (Lipinski definition) is 20. The summed E-state index contributed by atoms with van der Waals surface area (Å²) in [6.07, 6.45) is 7.32. The summed E-state index contributed by atoms with van der Waals surface area (Å²) >= 11 is 16.4. The van der Waals surface area contributed by atoms with Crippen LogP contribution < -0.4 is 0 Å². The van der Waals surface area contributed by atoms with Crippen LogP contribution in [0.25, 0.3) is 43.6 Å². The summed E-state index contributed by atoms with van der Waals surface area (Å²) in [7, 11) is 7.33. The number of rotatable bonds is 17. The Morgan fingerprint density at radius 2 is 0.790 bits per heavy atom. The number of esters is 3. The van der Waals surface area contributed by atoms with E-state index in [4.69, 9.17) is 34.4 Å². The first-order chi connectivity index (χ1) is 58.8. The van der Waals surface area contributed by atoms with Crippen LogP contribution >= 0.6 is 79.6 Å². The molecule has 13 aromatic rings. The third-order valence-electron chi connectivity index (χ3n) is 18.9. The van der Waals surface area contributed by atoms with E-state index in [-0.39, 0.29) is 72.2 Å². The second-order valence-electron chi connectivity index (χ2n) is 26.5. The van der Waals surface area contributed by atoms with Gasteiger partial charge in [-0.1, -0.05) is 104 Å². The molecule has 9 aromatic carbocycles. The third-order valence-corrected chi connectivity index (χ3v) is 22.9. The summed E-state index contributed by atoms with van der Waals surface area (Å²) < 4.78 is 75.8. The van der Waals surface area contributed by atoms with Gasteiger partial charge in [-0.2, -0.15) is 20.4 Å². The molecule has 0 saturated heterocycles. The Labute approximate surface area is 748 Å². The molecule has 5 heterocycles. The number of aldehydes is 1. The second kappa shape index (κ2) is 45.4. The number of halogens is 9. The maximum absolute atomic E-state index is 12.9. The van der Waals surface area contributed by atoms with E-state index in [0.717, 1.165) is 64.0 Å². The summed E-state index contributed by atoms with van der Waals surface area (Å²) in [6, 6.07) is 33.1. The smallest absolute Gasteiger partial charge is 0.379 e. The average molecular weight is 2030 g/mol. The highest BCUT2D eigenvalue weighted by atomic mass is 79.9. The van der Waals surface area contributed by atoms with E-state index >= 15 is 0 Å². The summed E-state index contributed by atoms with van der Waals surface area (Å²) in [6.45, 7) is 15.3. The van der Waals surface area contributed by atoms with E-state index in [2.05, 4.69) is 119 Å². The van der Waals surface area contributed by atoms with Crippen molar-refractivity contribution >= 4 is 189 Å². The van der Waals surface area contributed by atoms with Gasteiger partial charge in [-0.3, -0.25) is 52.3 Å². The van der Waals surface area contributed by atoms with Crippen molar-refractivity contribution in [2.24, 2.45) is 28.2 Å². The first kappa shape index (κ1) is 99.2. The number of aryl methyl sites for hydroxylation is 7. The van der Waals surface area contributed by atoms with E-state index in [1.54, 1.807) is 150 Å². The van der Waals surface area contributed by atoms with Crippen molar-refractivity contribution in [1.29, 1.82) is 0 Å². The number of aliphatic hydroxyl groups excluding tert-OH is 1. The molecule has 0 radical (unpaired) electrons. The molecule has 0 aliphatic carbocycles. The number of nitrogens with zero attached hydrogens (tertiary/aromatic N) is 9. The molecule has 0 saturated carbocycles. The molecule has 124 heavy (non-hydrogen) atoms. The summed E-state index contributed by atoms with van der Waals surface area (Å²) in [5.41, 5.74) is 10.3. The number of ether oxygens (including phenoxy) is 3. The van der Waals surface area contributed by atoms with Crippen LogP contribution in [0.2, 0.25) is 0 Å². The highest BCUT2D eigenvalue weighted by Gasteiger charge is 2.37. The van der Waals surface area contributed by atoms with Crippen molar-refractivity contribution in [1.82, 2.24) is 44.2 Å². The molecule has 0 fully saturated rings. The Bertz CT molecular complexity index is 6230. The van der Waals surface area contributed by atoms with Crippen molar-refractivity contribution in [3.8, 4) is 0 Å². The number of fused-ring (bicyclic) bond motifs is 5. The highest BCUT2D eigenvalue weighted by Crippen LogP contribution is 2.32. The molecule has 648 valence electrons. The third kappa shape index (κ3) is 23.5. The monoisotopic (exact) mass is 2020 g/mol. The molecule has 14 rings (SSSR count). The summed E-state index contributed by atoms with van der Waals surface area (Å²) in [5.74, 6) is -10.6. The highest BCUT2D eigenvalue weighted by molar-refractivity contribution is 9.11. The summed E-state index contributed by atoms with van der Waals surface area (Å²) in [4.78, 5) is 133. The number of hydrogen-bond donors (Lipinski definition) is 3. The normalized spacial score (nSPS) is 11.0. The zero-order valence-corrected chi connectivity index (χ0v) is 76.6. The summed E-state index contributed by atoms with van der Waals surface area (Å²) in [5, 5.41) is 47.2. The van der Waals surface area contributed by atoms with Gasteiger partial charge in [0.05, 0.1) is 101 Å². The van der Waals surface area contributed by atoms with Crippen molar-refractivity contribution in [2.45, 2.75) is 80.9 Å². The van der Waals surface area contributed by atoms with Gasteiger partial charge in [0.2, 0.25) is 0 Å². The minimum absolute atomic E-state index is 0.0561. The van der Waals surface area contributed by atoms with E-state index in [9.17, 15) is 70.3 Å². The fraction of sp³-hybridized carbons (Fsp3) is 0.216. The van der Waals surface area contributed by atoms with Crippen LogP contribution in [-0.2, 0) is 80.2 Å². The van der Waals surface area contributed by atoms with Crippen molar-refractivity contribution < 1.29 is 105 Å². The molecule has 0 bridgehead atoms. The number of Topliss-reactive ketones (excluding diaryl/α,β-unsaturated/α-hetero) is 3. The van der Waals surface area contributed by atoms with Crippen molar-refractivity contribution in [2.75, 3.05) is 19.8 Å². The zero-order chi connectivity index (χ0) is 92.0. The Morgan fingerprint density at radius 3 is 1.20 bits per heavy atom. The Hall–Kier alpha value is -11.9. The number of alkyl halides is 1. The minimum atomic E-state index is -1.24. The van der Waals surface area contributed by atoms with Gasteiger partial charge in [-0.15, -0.1) is 5.06 Å².